The van der Waals surface area contributed by atoms with Crippen LogP contribution in [0.25, 0.3) is 21.8 Å². The molecular weight excluding hydrogens is 524 g/mol. The van der Waals surface area contributed by atoms with Crippen molar-refractivity contribution >= 4 is 51.1 Å². The predicted octanol–water partition coefficient (Wildman–Crippen LogP) is 5.41. The molecule has 2 amide bonds. The lowest BCUT2D eigenvalue weighted by molar-refractivity contribution is -0.123. The van der Waals surface area contributed by atoms with Crippen LogP contribution in [0, 0.1) is 0 Å². The van der Waals surface area contributed by atoms with Crippen molar-refractivity contribution in [1.29, 1.82) is 0 Å². The van der Waals surface area contributed by atoms with Gasteiger partial charge in [0.15, 0.2) is 0 Å². The van der Waals surface area contributed by atoms with Crippen LogP contribution in [0.2, 0.25) is 0 Å². The molecule has 0 bridgehead atoms. The molecule has 0 saturated heterocycles. The topological polar surface area (TPSA) is 125 Å². The van der Waals surface area contributed by atoms with Crippen LogP contribution in [0.3, 0.4) is 0 Å². The number of aromatic nitrogens is 2. The molecule has 4 aromatic rings. The van der Waals surface area contributed by atoms with E-state index < -0.39 is 6.04 Å². The van der Waals surface area contributed by atoms with Crippen LogP contribution < -0.4 is 16.4 Å². The Bertz CT molecular complexity index is 1480. The molecule has 0 spiro atoms. The van der Waals surface area contributed by atoms with Gasteiger partial charge in [0.1, 0.15) is 17.6 Å². The molecule has 0 aliphatic heterocycles. The fraction of sp³-hybridized carbons (Fsp3) is 0.355. The first-order valence-electron chi connectivity index (χ1n) is 13.8. The van der Waals surface area contributed by atoms with E-state index >= 15 is 0 Å². The van der Waals surface area contributed by atoms with Crippen LogP contribution in [0.4, 0.5) is 0 Å². The highest BCUT2D eigenvalue weighted by Crippen LogP contribution is 2.33. The molecule has 0 aliphatic carbocycles. The van der Waals surface area contributed by atoms with Crippen LogP contribution in [0.5, 0.6) is 0 Å². The van der Waals surface area contributed by atoms with Crippen molar-refractivity contribution in [3.8, 4) is 0 Å². The number of hydrogen-bond acceptors (Lipinski definition) is 4. The number of alkyl halides is 1. The lowest BCUT2D eigenvalue weighted by Crippen LogP contribution is -2.46. The van der Waals surface area contributed by atoms with Crippen LogP contribution in [-0.2, 0) is 11.3 Å². The van der Waals surface area contributed by atoms with E-state index in [-0.39, 0.29) is 23.6 Å². The number of rotatable bonds is 13. The number of nitrogens with two attached hydrogens (primary N) is 1. The van der Waals surface area contributed by atoms with Gasteiger partial charge >= 0.3 is 0 Å². The van der Waals surface area contributed by atoms with Gasteiger partial charge in [-0.15, -0.1) is 11.6 Å². The number of aromatic amines is 1. The molecular formula is C31H37ClN6O2. The minimum atomic E-state index is -0.763. The summed E-state index contributed by atoms with van der Waals surface area (Å²) in [6.45, 7) is 5.03. The fourth-order valence-corrected chi connectivity index (χ4v) is 5.01. The molecule has 9 heteroatoms. The molecule has 1 atom stereocenters. The van der Waals surface area contributed by atoms with Gasteiger partial charge in [0.2, 0.25) is 5.91 Å². The maximum atomic E-state index is 13.6. The number of fused-ring (bicyclic) bond motifs is 3. The highest BCUT2D eigenvalue weighted by Gasteiger charge is 2.24. The summed E-state index contributed by atoms with van der Waals surface area (Å²) in [6.07, 6.45) is 2.74. The summed E-state index contributed by atoms with van der Waals surface area (Å²) in [5, 5.41) is 7.89. The van der Waals surface area contributed by atoms with Gasteiger partial charge in [0.05, 0.1) is 17.1 Å². The zero-order chi connectivity index (χ0) is 28.5. The summed E-state index contributed by atoms with van der Waals surface area (Å²) in [4.78, 5) is 39.5. The van der Waals surface area contributed by atoms with Crippen molar-refractivity contribution in [2.24, 2.45) is 10.7 Å². The summed E-state index contributed by atoms with van der Waals surface area (Å²) in [5.74, 6) is 0.0424. The molecule has 0 aliphatic rings. The number of H-pyrrole nitrogens is 1. The van der Waals surface area contributed by atoms with E-state index in [0.29, 0.717) is 37.5 Å². The van der Waals surface area contributed by atoms with E-state index in [2.05, 4.69) is 34.5 Å². The van der Waals surface area contributed by atoms with Crippen LogP contribution >= 0.6 is 11.6 Å². The number of para-hydroxylation sites is 1. The normalized spacial score (nSPS) is 12.7. The molecule has 0 saturated carbocycles. The zero-order valence-electron chi connectivity index (χ0n) is 23.0. The molecule has 8 nitrogen and oxygen atoms in total. The Morgan fingerprint density at radius 1 is 1.05 bits per heavy atom. The number of carbonyl (C=O) groups is 2. The van der Waals surface area contributed by atoms with Gasteiger partial charge in [-0.1, -0.05) is 62.4 Å². The van der Waals surface area contributed by atoms with Crippen LogP contribution in [-0.4, -0.2) is 46.1 Å². The first-order chi connectivity index (χ1) is 19.4. The Morgan fingerprint density at radius 3 is 2.50 bits per heavy atom. The van der Waals surface area contributed by atoms with Gasteiger partial charge in [-0.2, -0.15) is 0 Å². The van der Waals surface area contributed by atoms with Gasteiger partial charge in [0.25, 0.3) is 5.91 Å². The zero-order valence-corrected chi connectivity index (χ0v) is 23.8. The maximum Gasteiger partial charge on any atom is 0.270 e. The number of amides is 2. The monoisotopic (exact) mass is 560 g/mol. The first kappa shape index (κ1) is 29.1. The number of halogens is 1. The molecule has 2 heterocycles. The average molecular weight is 561 g/mol. The summed E-state index contributed by atoms with van der Waals surface area (Å²) >= 11 is 5.72. The third-order valence-corrected chi connectivity index (χ3v) is 7.44. The number of nitrogens with zero attached hydrogens (tertiary/aromatic N) is 2. The molecule has 2 aromatic carbocycles. The Balaban J connectivity index is 1.61. The van der Waals surface area contributed by atoms with E-state index in [4.69, 9.17) is 22.3 Å². The number of pyridine rings is 1. The predicted molar refractivity (Wildman–Crippen MR) is 163 cm³/mol. The molecule has 40 heavy (non-hydrogen) atoms. The Labute approximate surface area is 239 Å². The lowest BCUT2D eigenvalue weighted by atomic mass is 9.96. The Hall–Kier alpha value is -3.91. The second kappa shape index (κ2) is 13.9. The van der Waals surface area contributed by atoms with Gasteiger partial charge in [-0.05, 0) is 43.4 Å². The summed E-state index contributed by atoms with van der Waals surface area (Å²) in [6, 6.07) is 18.7. The van der Waals surface area contributed by atoms with Gasteiger partial charge in [-0.25, -0.2) is 4.98 Å². The maximum absolute atomic E-state index is 13.6. The Morgan fingerprint density at radius 2 is 1.77 bits per heavy atom. The summed E-state index contributed by atoms with van der Waals surface area (Å²) in [5.41, 5.74) is 9.81. The number of benzene rings is 2. The summed E-state index contributed by atoms with van der Waals surface area (Å²) < 4.78 is 0. The van der Waals surface area contributed by atoms with Gasteiger partial charge in [-0.3, -0.25) is 14.6 Å². The first-order valence-corrected chi connectivity index (χ1v) is 14.4. The Kier molecular flexibility index (Phi) is 10.1. The molecule has 0 unspecified atom stereocenters. The molecule has 5 N–H and O–H groups in total. The highest BCUT2D eigenvalue weighted by atomic mass is 35.5. The molecule has 210 valence electrons. The molecule has 0 fully saturated rings. The number of amidine groups is 1. The number of hydrogen-bond donors (Lipinski definition) is 4. The molecule has 2 aromatic heterocycles. The standard InChI is InChI=1S/C31H37ClN6O2/c1-3-21(4-2)28-29-23(22-13-8-9-14-24(22)36-29)17-26(37-28)31(40)38-25(15-10-16-34-27(33)18-32)30(39)35-19-20-11-6-5-7-12-20/h5-9,11-14,17,21,25,36H,3-4,10,15-16,18-19H2,1-2H3,(H2,33,34)(H,35,39)(H,38,40)/t25-/m0/s1. The largest absolute Gasteiger partial charge is 0.386 e. The lowest BCUT2D eigenvalue weighted by Gasteiger charge is -2.19. The van der Waals surface area contributed by atoms with E-state index in [1.54, 1.807) is 0 Å². The van der Waals surface area contributed by atoms with Crippen molar-refractivity contribution in [2.75, 3.05) is 12.4 Å². The second-order valence-electron chi connectivity index (χ2n) is 9.88. The average Bonchev–Trinajstić information content (AvgIpc) is 3.37. The van der Waals surface area contributed by atoms with Gasteiger partial charge in [0, 0.05) is 35.3 Å². The third-order valence-electron chi connectivity index (χ3n) is 7.16. The minimum absolute atomic E-state index is 0.151. The summed E-state index contributed by atoms with van der Waals surface area (Å²) in [7, 11) is 0. The van der Waals surface area contributed by atoms with E-state index in [1.807, 2.05) is 60.7 Å². The second-order valence-corrected chi connectivity index (χ2v) is 10.1. The number of nitrogens with one attached hydrogen (secondary N) is 3. The van der Waals surface area contributed by atoms with E-state index in [0.717, 1.165) is 45.9 Å². The van der Waals surface area contributed by atoms with Crippen LogP contribution in [0.15, 0.2) is 65.7 Å². The van der Waals surface area contributed by atoms with Crippen molar-refractivity contribution in [3.05, 3.63) is 77.6 Å². The van der Waals surface area contributed by atoms with Crippen LogP contribution in [0.1, 0.15) is 67.2 Å². The van der Waals surface area contributed by atoms with E-state index in [9.17, 15) is 9.59 Å². The quantitative estimate of drug-likeness (QED) is 0.0754. The fourth-order valence-electron chi connectivity index (χ4n) is 4.93. The van der Waals surface area contributed by atoms with Crippen molar-refractivity contribution in [3.63, 3.8) is 0 Å². The third kappa shape index (κ3) is 6.99. The molecule has 0 radical (unpaired) electrons. The molecule has 4 rings (SSSR count). The van der Waals surface area contributed by atoms with Crippen molar-refractivity contribution in [2.45, 2.75) is 58.0 Å². The minimum Gasteiger partial charge on any atom is -0.386 e. The number of carbonyl (C=O) groups excluding carboxylic acids is 2. The van der Waals surface area contributed by atoms with E-state index in [1.165, 1.54) is 0 Å². The van der Waals surface area contributed by atoms with Gasteiger partial charge < -0.3 is 21.4 Å². The highest BCUT2D eigenvalue weighted by molar-refractivity contribution is 6.27. The van der Waals surface area contributed by atoms with Crippen molar-refractivity contribution < 1.29 is 9.59 Å². The SMILES string of the molecule is CCC(CC)c1nc(C(=O)N[C@@H](CCCN=C(N)CCl)C(=O)NCc2ccccc2)cc2c1[nH]c1ccccc12. The van der Waals surface area contributed by atoms with Crippen molar-refractivity contribution in [1.82, 2.24) is 20.6 Å². The smallest absolute Gasteiger partial charge is 0.270 e. The number of aliphatic imine (C=N–C) groups is 1.